The summed E-state index contributed by atoms with van der Waals surface area (Å²) in [5.74, 6) is -0.972. The molecule has 1 aromatic heterocycles. The lowest BCUT2D eigenvalue weighted by atomic mass is 10.1. The van der Waals surface area contributed by atoms with Gasteiger partial charge in [-0.2, -0.15) is 5.10 Å². The first-order chi connectivity index (χ1) is 8.47. The van der Waals surface area contributed by atoms with Gasteiger partial charge in [0.1, 0.15) is 11.1 Å². The molecule has 6 nitrogen and oxygen atoms in total. The summed E-state index contributed by atoms with van der Waals surface area (Å²) in [7, 11) is 1.48. The van der Waals surface area contributed by atoms with Crippen molar-refractivity contribution in [3.05, 3.63) is 21.6 Å². The third-order valence-electron chi connectivity index (χ3n) is 2.55. The average molecular weight is 274 g/mol. The molecule has 2 N–H and O–H groups in total. The molecule has 0 aliphatic heterocycles. The van der Waals surface area contributed by atoms with E-state index >= 15 is 0 Å². The number of carbonyl (C=O) groups is 1. The highest BCUT2D eigenvalue weighted by molar-refractivity contribution is 6.33. The number of carboxylic acid groups (broad SMARTS) is 1. The lowest BCUT2D eigenvalue weighted by Crippen LogP contribution is -2.31. The molecule has 18 heavy (non-hydrogen) atoms. The van der Waals surface area contributed by atoms with Gasteiger partial charge in [0.2, 0.25) is 0 Å². The normalized spacial score (nSPS) is 12.2. The Morgan fingerprint density at radius 2 is 2.33 bits per heavy atom. The van der Waals surface area contributed by atoms with Gasteiger partial charge in [0, 0.05) is 7.05 Å². The molecule has 0 aliphatic rings. The molecule has 1 atom stereocenters. The number of nitrogens with zero attached hydrogens (tertiary/aromatic N) is 2. The third kappa shape index (κ3) is 3.46. The van der Waals surface area contributed by atoms with Crippen LogP contribution in [0.15, 0.2) is 11.0 Å². The van der Waals surface area contributed by atoms with Crippen molar-refractivity contribution in [2.45, 2.75) is 32.2 Å². The number of aromatic nitrogens is 2. The Kier molecular flexibility index (Phi) is 5.15. The van der Waals surface area contributed by atoms with E-state index in [9.17, 15) is 9.59 Å². The number of hydrogen-bond acceptors (Lipinski definition) is 4. The van der Waals surface area contributed by atoms with Gasteiger partial charge in [-0.15, -0.1) is 0 Å². The van der Waals surface area contributed by atoms with Crippen molar-refractivity contribution in [2.24, 2.45) is 7.05 Å². The van der Waals surface area contributed by atoms with Crippen LogP contribution in [0.2, 0.25) is 5.02 Å². The molecule has 100 valence electrons. The summed E-state index contributed by atoms with van der Waals surface area (Å²) in [6, 6.07) is -0.767. The maximum atomic E-state index is 11.5. The van der Waals surface area contributed by atoms with Gasteiger partial charge in [-0.1, -0.05) is 31.4 Å². The highest BCUT2D eigenvalue weighted by Crippen LogP contribution is 2.17. The van der Waals surface area contributed by atoms with Crippen LogP contribution in [0, 0.1) is 0 Å². The van der Waals surface area contributed by atoms with E-state index in [1.165, 1.54) is 13.2 Å². The second kappa shape index (κ2) is 6.39. The van der Waals surface area contributed by atoms with Crippen LogP contribution in [0.25, 0.3) is 0 Å². The largest absolute Gasteiger partial charge is 0.480 e. The van der Waals surface area contributed by atoms with E-state index in [0.29, 0.717) is 6.42 Å². The van der Waals surface area contributed by atoms with E-state index in [1.54, 1.807) is 0 Å². The van der Waals surface area contributed by atoms with Crippen LogP contribution < -0.4 is 10.9 Å². The zero-order chi connectivity index (χ0) is 13.7. The number of unbranched alkanes of at least 4 members (excludes halogenated alkanes) is 1. The Morgan fingerprint density at radius 3 is 2.89 bits per heavy atom. The fraction of sp³-hybridized carbons (Fsp3) is 0.545. The molecule has 0 saturated carbocycles. The second-order valence-electron chi connectivity index (χ2n) is 3.98. The lowest BCUT2D eigenvalue weighted by Gasteiger charge is -2.16. The van der Waals surface area contributed by atoms with Crippen molar-refractivity contribution in [1.29, 1.82) is 0 Å². The van der Waals surface area contributed by atoms with Crippen molar-refractivity contribution in [1.82, 2.24) is 9.78 Å². The molecular weight excluding hydrogens is 258 g/mol. The first-order valence-electron chi connectivity index (χ1n) is 5.68. The molecule has 0 radical (unpaired) electrons. The fourth-order valence-corrected chi connectivity index (χ4v) is 1.69. The SMILES string of the molecule is CCCC[C@H](Nc1cnn(C)c(=O)c1Cl)C(=O)O. The predicted octanol–water partition coefficient (Wildman–Crippen LogP) is 1.49. The summed E-state index contributed by atoms with van der Waals surface area (Å²) in [5.41, 5.74) is -0.204. The van der Waals surface area contributed by atoms with Crippen molar-refractivity contribution in [3.8, 4) is 0 Å². The van der Waals surface area contributed by atoms with Crippen molar-refractivity contribution in [3.63, 3.8) is 0 Å². The smallest absolute Gasteiger partial charge is 0.326 e. The monoisotopic (exact) mass is 273 g/mol. The molecule has 0 unspecified atom stereocenters. The summed E-state index contributed by atoms with van der Waals surface area (Å²) < 4.78 is 1.09. The van der Waals surface area contributed by atoms with Gasteiger partial charge in [-0.05, 0) is 6.42 Å². The quantitative estimate of drug-likeness (QED) is 0.820. The maximum absolute atomic E-state index is 11.5. The molecule has 0 aliphatic carbocycles. The zero-order valence-corrected chi connectivity index (χ0v) is 11.1. The van der Waals surface area contributed by atoms with E-state index in [0.717, 1.165) is 17.5 Å². The standard InChI is InChI=1S/C11H16ClN3O3/c1-3-4-5-7(11(17)18)14-8-6-13-15(2)10(16)9(8)12/h6-7,14H,3-5H2,1-2H3,(H,17,18)/t7-/m0/s1. The number of anilines is 1. The minimum atomic E-state index is -0.972. The third-order valence-corrected chi connectivity index (χ3v) is 2.92. The highest BCUT2D eigenvalue weighted by Gasteiger charge is 2.18. The van der Waals surface area contributed by atoms with Gasteiger partial charge in [0.25, 0.3) is 5.56 Å². The first kappa shape index (κ1) is 14.5. The van der Waals surface area contributed by atoms with Crippen LogP contribution in [-0.2, 0) is 11.8 Å². The number of aryl methyl sites for hydroxylation is 1. The average Bonchev–Trinajstić information content (AvgIpc) is 2.33. The minimum absolute atomic E-state index is 0.0461. The Morgan fingerprint density at radius 1 is 1.67 bits per heavy atom. The molecule has 0 aromatic carbocycles. The Labute approximate surface area is 110 Å². The molecule has 0 saturated heterocycles. The number of halogens is 1. The zero-order valence-electron chi connectivity index (χ0n) is 10.3. The Hall–Kier alpha value is -1.56. The molecule has 7 heteroatoms. The van der Waals surface area contributed by atoms with E-state index < -0.39 is 17.6 Å². The summed E-state index contributed by atoms with van der Waals surface area (Å²) >= 11 is 5.85. The predicted molar refractivity (Wildman–Crippen MR) is 69.1 cm³/mol. The van der Waals surface area contributed by atoms with E-state index in [1.807, 2.05) is 6.92 Å². The van der Waals surface area contributed by atoms with Crippen LogP contribution >= 0.6 is 11.6 Å². The molecule has 1 heterocycles. The van der Waals surface area contributed by atoms with Crippen LogP contribution in [0.5, 0.6) is 0 Å². The van der Waals surface area contributed by atoms with Crippen LogP contribution in [0.4, 0.5) is 5.69 Å². The van der Waals surface area contributed by atoms with Crippen molar-refractivity contribution < 1.29 is 9.90 Å². The molecular formula is C11H16ClN3O3. The molecule has 1 rings (SSSR count). The van der Waals surface area contributed by atoms with Gasteiger partial charge >= 0.3 is 5.97 Å². The molecule has 0 spiro atoms. The first-order valence-corrected chi connectivity index (χ1v) is 6.06. The van der Waals surface area contributed by atoms with Crippen LogP contribution in [0.1, 0.15) is 26.2 Å². The lowest BCUT2D eigenvalue weighted by molar-refractivity contribution is -0.138. The van der Waals surface area contributed by atoms with Crippen LogP contribution in [-0.4, -0.2) is 26.9 Å². The Bertz CT molecular complexity index is 487. The molecule has 0 fully saturated rings. The maximum Gasteiger partial charge on any atom is 0.326 e. The second-order valence-corrected chi connectivity index (χ2v) is 4.36. The minimum Gasteiger partial charge on any atom is -0.480 e. The summed E-state index contributed by atoms with van der Waals surface area (Å²) in [6.45, 7) is 1.98. The number of rotatable bonds is 6. The van der Waals surface area contributed by atoms with Gasteiger partial charge in [0.15, 0.2) is 0 Å². The highest BCUT2D eigenvalue weighted by atomic mass is 35.5. The van der Waals surface area contributed by atoms with E-state index in [2.05, 4.69) is 10.4 Å². The van der Waals surface area contributed by atoms with Gasteiger partial charge in [-0.25, -0.2) is 9.48 Å². The fourth-order valence-electron chi connectivity index (χ4n) is 1.46. The summed E-state index contributed by atoms with van der Waals surface area (Å²) in [5, 5.41) is 15.6. The summed E-state index contributed by atoms with van der Waals surface area (Å²) in [6.07, 6.45) is 3.50. The van der Waals surface area contributed by atoms with Crippen molar-refractivity contribution in [2.75, 3.05) is 5.32 Å². The van der Waals surface area contributed by atoms with Crippen molar-refractivity contribution >= 4 is 23.3 Å². The van der Waals surface area contributed by atoms with Gasteiger partial charge in [0.05, 0.1) is 11.9 Å². The topological polar surface area (TPSA) is 84.2 Å². The molecule has 0 amide bonds. The summed E-state index contributed by atoms with van der Waals surface area (Å²) in [4.78, 5) is 22.6. The number of nitrogens with one attached hydrogen (secondary N) is 1. The molecule has 1 aromatic rings. The van der Waals surface area contributed by atoms with E-state index in [-0.39, 0.29) is 10.7 Å². The van der Waals surface area contributed by atoms with E-state index in [4.69, 9.17) is 16.7 Å². The van der Waals surface area contributed by atoms with Crippen LogP contribution in [0.3, 0.4) is 0 Å². The van der Waals surface area contributed by atoms with Gasteiger partial charge < -0.3 is 10.4 Å². The number of carboxylic acids is 1. The van der Waals surface area contributed by atoms with Gasteiger partial charge in [-0.3, -0.25) is 4.79 Å². The number of aliphatic carboxylic acids is 1. The molecule has 0 bridgehead atoms. The Balaban J connectivity index is 2.91. The number of hydrogen-bond donors (Lipinski definition) is 2.